The minimum atomic E-state index is -0.220. The molecule has 1 saturated heterocycles. The Balaban J connectivity index is 0.00000264. The monoisotopic (exact) mass is 342 g/mol. The normalized spacial score (nSPS) is 21.4. The van der Waals surface area contributed by atoms with E-state index in [9.17, 15) is 9.18 Å². The van der Waals surface area contributed by atoms with Gasteiger partial charge in [-0.2, -0.15) is 0 Å². The summed E-state index contributed by atoms with van der Waals surface area (Å²) < 4.78 is 13.2. The SMILES string of the molecule is CC(CC(=O)N1CCC(N)C(C)(C)C1)Cc1cccc(F)c1.Cl. The van der Waals surface area contributed by atoms with E-state index in [1.54, 1.807) is 12.1 Å². The molecular weight excluding hydrogens is 315 g/mol. The van der Waals surface area contributed by atoms with E-state index in [-0.39, 0.29) is 41.5 Å². The smallest absolute Gasteiger partial charge is 0.222 e. The molecule has 1 aromatic rings. The average Bonchev–Trinajstić information content (AvgIpc) is 2.41. The zero-order chi connectivity index (χ0) is 16.3. The molecular formula is C18H28ClFN2O. The van der Waals surface area contributed by atoms with Gasteiger partial charge in [-0.3, -0.25) is 4.79 Å². The van der Waals surface area contributed by atoms with Crippen molar-refractivity contribution in [3.05, 3.63) is 35.6 Å². The standard InChI is InChI=1S/C18H27FN2O.ClH/c1-13(9-14-5-4-6-15(19)11-14)10-17(22)21-8-7-16(20)18(2,3)12-21;/h4-6,11,13,16H,7-10,12,20H2,1-3H3;1H. The lowest BCUT2D eigenvalue weighted by molar-refractivity contribution is -0.135. The van der Waals surface area contributed by atoms with E-state index in [2.05, 4.69) is 13.8 Å². The van der Waals surface area contributed by atoms with Gasteiger partial charge in [-0.1, -0.05) is 32.9 Å². The molecule has 1 fully saturated rings. The van der Waals surface area contributed by atoms with E-state index in [1.807, 2.05) is 17.9 Å². The van der Waals surface area contributed by atoms with E-state index in [0.717, 1.165) is 31.5 Å². The quantitative estimate of drug-likeness (QED) is 0.911. The maximum atomic E-state index is 13.2. The van der Waals surface area contributed by atoms with Crippen molar-refractivity contribution in [1.29, 1.82) is 0 Å². The van der Waals surface area contributed by atoms with Gasteiger partial charge >= 0.3 is 0 Å². The molecule has 1 aromatic carbocycles. The summed E-state index contributed by atoms with van der Waals surface area (Å²) in [5.74, 6) is 0.166. The zero-order valence-corrected chi connectivity index (χ0v) is 15.0. The molecule has 0 aliphatic carbocycles. The van der Waals surface area contributed by atoms with Gasteiger partial charge in [0, 0.05) is 25.6 Å². The number of hydrogen-bond acceptors (Lipinski definition) is 2. The lowest BCUT2D eigenvalue weighted by Gasteiger charge is -2.42. The predicted octanol–water partition coefficient (Wildman–Crippen LogP) is 3.40. The highest BCUT2D eigenvalue weighted by molar-refractivity contribution is 5.85. The topological polar surface area (TPSA) is 46.3 Å². The number of benzene rings is 1. The summed E-state index contributed by atoms with van der Waals surface area (Å²) in [4.78, 5) is 14.4. The Morgan fingerprint density at radius 3 is 2.78 bits per heavy atom. The van der Waals surface area contributed by atoms with Crippen LogP contribution in [0.3, 0.4) is 0 Å². The molecule has 1 aliphatic rings. The summed E-state index contributed by atoms with van der Waals surface area (Å²) in [6, 6.07) is 6.77. The summed E-state index contributed by atoms with van der Waals surface area (Å²) in [5.41, 5.74) is 7.04. The van der Waals surface area contributed by atoms with Crippen LogP contribution in [0.4, 0.5) is 4.39 Å². The second-order valence-electron chi connectivity index (χ2n) is 7.34. The zero-order valence-electron chi connectivity index (χ0n) is 14.2. The highest BCUT2D eigenvalue weighted by Gasteiger charge is 2.35. The van der Waals surface area contributed by atoms with Crippen LogP contribution in [0.25, 0.3) is 0 Å². The molecule has 0 radical (unpaired) electrons. The third-order valence-corrected chi connectivity index (χ3v) is 4.66. The third-order valence-electron chi connectivity index (χ3n) is 4.66. The van der Waals surface area contributed by atoms with Gasteiger partial charge in [-0.15, -0.1) is 12.4 Å². The van der Waals surface area contributed by atoms with Gasteiger partial charge in [0.25, 0.3) is 0 Å². The molecule has 1 aliphatic heterocycles. The van der Waals surface area contributed by atoms with Gasteiger partial charge in [-0.05, 0) is 41.9 Å². The van der Waals surface area contributed by atoms with Crippen LogP contribution < -0.4 is 5.73 Å². The Morgan fingerprint density at radius 1 is 1.48 bits per heavy atom. The van der Waals surface area contributed by atoms with Crippen LogP contribution >= 0.6 is 12.4 Å². The molecule has 0 saturated carbocycles. The molecule has 130 valence electrons. The van der Waals surface area contributed by atoms with E-state index >= 15 is 0 Å². The number of hydrogen-bond donors (Lipinski definition) is 1. The first-order valence-electron chi connectivity index (χ1n) is 8.06. The lowest BCUT2D eigenvalue weighted by Crippen LogP contribution is -2.54. The average molecular weight is 343 g/mol. The Morgan fingerprint density at radius 2 is 2.17 bits per heavy atom. The Kier molecular flexibility index (Phi) is 7.02. The number of halogens is 2. The highest BCUT2D eigenvalue weighted by Crippen LogP contribution is 2.28. The molecule has 0 bridgehead atoms. The van der Waals surface area contributed by atoms with E-state index in [1.165, 1.54) is 6.07 Å². The van der Waals surface area contributed by atoms with Gasteiger partial charge in [0.05, 0.1) is 0 Å². The highest BCUT2D eigenvalue weighted by atomic mass is 35.5. The van der Waals surface area contributed by atoms with E-state index in [4.69, 9.17) is 5.73 Å². The summed E-state index contributed by atoms with van der Waals surface area (Å²) in [7, 11) is 0. The van der Waals surface area contributed by atoms with Gasteiger partial charge in [0.2, 0.25) is 5.91 Å². The fourth-order valence-corrected chi connectivity index (χ4v) is 3.15. The molecule has 2 N–H and O–H groups in total. The number of rotatable bonds is 4. The van der Waals surface area contributed by atoms with Crippen LogP contribution in [0.1, 0.15) is 39.2 Å². The van der Waals surface area contributed by atoms with Gasteiger partial charge in [0.1, 0.15) is 5.82 Å². The lowest BCUT2D eigenvalue weighted by atomic mass is 9.79. The van der Waals surface area contributed by atoms with Gasteiger partial charge < -0.3 is 10.6 Å². The Labute approximate surface area is 144 Å². The first kappa shape index (κ1) is 19.9. The summed E-state index contributed by atoms with van der Waals surface area (Å²) >= 11 is 0. The number of piperidine rings is 1. The first-order chi connectivity index (χ1) is 10.3. The molecule has 2 unspecified atom stereocenters. The van der Waals surface area contributed by atoms with E-state index in [0.29, 0.717) is 6.42 Å². The molecule has 1 heterocycles. The number of likely N-dealkylation sites (tertiary alicyclic amines) is 1. The third kappa shape index (κ3) is 5.47. The van der Waals surface area contributed by atoms with Crippen LogP contribution in [0.15, 0.2) is 24.3 Å². The Hall–Kier alpha value is -1.13. The maximum Gasteiger partial charge on any atom is 0.222 e. The van der Waals surface area contributed by atoms with Crippen LogP contribution in [0, 0.1) is 17.2 Å². The van der Waals surface area contributed by atoms with Crippen LogP contribution in [0.5, 0.6) is 0 Å². The number of nitrogens with zero attached hydrogens (tertiary/aromatic N) is 1. The van der Waals surface area contributed by atoms with Crippen LogP contribution in [-0.4, -0.2) is 29.9 Å². The van der Waals surface area contributed by atoms with Crippen molar-refractivity contribution in [3.63, 3.8) is 0 Å². The van der Waals surface area contributed by atoms with Crippen molar-refractivity contribution in [1.82, 2.24) is 4.90 Å². The molecule has 0 spiro atoms. The molecule has 2 rings (SSSR count). The number of nitrogens with two attached hydrogens (primary N) is 1. The van der Waals surface area contributed by atoms with Gasteiger partial charge in [0.15, 0.2) is 0 Å². The fourth-order valence-electron chi connectivity index (χ4n) is 3.15. The van der Waals surface area contributed by atoms with Crippen molar-refractivity contribution < 1.29 is 9.18 Å². The summed E-state index contributed by atoms with van der Waals surface area (Å²) in [6.07, 6.45) is 2.08. The van der Waals surface area contributed by atoms with E-state index < -0.39 is 0 Å². The largest absolute Gasteiger partial charge is 0.342 e. The molecule has 0 aromatic heterocycles. The van der Waals surface area contributed by atoms with Crippen LogP contribution in [0.2, 0.25) is 0 Å². The van der Waals surface area contributed by atoms with Crippen molar-refractivity contribution in [3.8, 4) is 0 Å². The molecule has 3 nitrogen and oxygen atoms in total. The van der Waals surface area contributed by atoms with Crippen LogP contribution in [-0.2, 0) is 11.2 Å². The number of carbonyl (C=O) groups excluding carboxylic acids is 1. The molecule has 2 atom stereocenters. The summed E-state index contributed by atoms with van der Waals surface area (Å²) in [6.45, 7) is 7.75. The maximum absolute atomic E-state index is 13.2. The minimum Gasteiger partial charge on any atom is -0.342 e. The van der Waals surface area contributed by atoms with Crippen molar-refractivity contribution in [2.24, 2.45) is 17.1 Å². The molecule has 23 heavy (non-hydrogen) atoms. The van der Waals surface area contributed by atoms with Crippen molar-refractivity contribution >= 4 is 18.3 Å². The predicted molar refractivity (Wildman–Crippen MR) is 94.1 cm³/mol. The number of amides is 1. The summed E-state index contributed by atoms with van der Waals surface area (Å²) in [5, 5.41) is 0. The Bertz CT molecular complexity index is 536. The molecule has 5 heteroatoms. The van der Waals surface area contributed by atoms with Crippen molar-refractivity contribution in [2.75, 3.05) is 13.1 Å². The second-order valence-corrected chi connectivity index (χ2v) is 7.34. The molecule has 1 amide bonds. The fraction of sp³-hybridized carbons (Fsp3) is 0.611. The minimum absolute atomic E-state index is 0. The van der Waals surface area contributed by atoms with Gasteiger partial charge in [-0.25, -0.2) is 4.39 Å². The number of carbonyl (C=O) groups is 1. The first-order valence-corrected chi connectivity index (χ1v) is 8.06. The second kappa shape index (κ2) is 8.11. The van der Waals surface area contributed by atoms with Crippen molar-refractivity contribution in [2.45, 2.75) is 46.1 Å².